The summed E-state index contributed by atoms with van der Waals surface area (Å²) in [5.74, 6) is 1.38. The van der Waals surface area contributed by atoms with Crippen LogP contribution < -0.4 is 4.74 Å². The lowest BCUT2D eigenvalue weighted by Gasteiger charge is -2.08. The highest BCUT2D eigenvalue weighted by atomic mass is 16.5. The summed E-state index contributed by atoms with van der Waals surface area (Å²) in [5.41, 5.74) is 11.5. The SMILES string of the molecule is [N-]=[N+]=C(c1ccccc1)c1ccccc1Oc1ccccc1. The third kappa shape index (κ3) is 2.95. The van der Waals surface area contributed by atoms with Gasteiger partial charge in [0, 0.05) is 0 Å². The standard InChI is InChI=1S/C19H14N2O/c20-21-19(15-9-3-1-4-10-15)17-13-7-8-14-18(17)22-16-11-5-2-6-12-16/h1-14H. The Labute approximate surface area is 129 Å². The summed E-state index contributed by atoms with van der Waals surface area (Å²) in [6.45, 7) is 0. The zero-order chi connectivity index (χ0) is 15.2. The number of hydrogen-bond acceptors (Lipinski definition) is 1. The molecule has 0 heterocycles. The van der Waals surface area contributed by atoms with Crippen LogP contribution in [0, 0.1) is 0 Å². The summed E-state index contributed by atoms with van der Waals surface area (Å²) < 4.78 is 5.92. The fourth-order valence-electron chi connectivity index (χ4n) is 2.23. The van der Waals surface area contributed by atoms with Crippen molar-refractivity contribution in [2.75, 3.05) is 0 Å². The van der Waals surface area contributed by atoms with Crippen LogP contribution in [0.3, 0.4) is 0 Å². The highest BCUT2D eigenvalue weighted by Gasteiger charge is 2.19. The molecule has 0 bridgehead atoms. The van der Waals surface area contributed by atoms with E-state index >= 15 is 0 Å². The van der Waals surface area contributed by atoms with Crippen LogP contribution in [0.4, 0.5) is 0 Å². The van der Waals surface area contributed by atoms with Gasteiger partial charge in [-0.3, -0.25) is 0 Å². The molecule has 0 amide bonds. The molecule has 3 aromatic carbocycles. The molecule has 0 radical (unpaired) electrons. The fraction of sp³-hybridized carbons (Fsp3) is 0. The van der Waals surface area contributed by atoms with E-state index < -0.39 is 0 Å². The molecule has 0 unspecified atom stereocenters. The van der Waals surface area contributed by atoms with E-state index in [0.717, 1.165) is 16.9 Å². The molecular weight excluding hydrogens is 272 g/mol. The lowest BCUT2D eigenvalue weighted by molar-refractivity contribution is -0.00290. The maximum absolute atomic E-state index is 9.46. The van der Waals surface area contributed by atoms with Gasteiger partial charge in [0.25, 0.3) is 0 Å². The van der Waals surface area contributed by atoms with Crippen molar-refractivity contribution in [2.45, 2.75) is 0 Å². The molecule has 0 fully saturated rings. The van der Waals surface area contributed by atoms with Gasteiger partial charge in [0.05, 0.1) is 5.56 Å². The second-order valence-electron chi connectivity index (χ2n) is 4.73. The van der Waals surface area contributed by atoms with E-state index in [1.54, 1.807) is 0 Å². The van der Waals surface area contributed by atoms with Crippen LogP contribution in [0.15, 0.2) is 84.9 Å². The molecule has 3 rings (SSSR count). The number of para-hydroxylation sites is 2. The minimum atomic E-state index is 0.479. The van der Waals surface area contributed by atoms with Crippen LogP contribution in [0.1, 0.15) is 11.1 Å². The zero-order valence-corrected chi connectivity index (χ0v) is 11.9. The van der Waals surface area contributed by atoms with E-state index in [0.29, 0.717) is 11.5 Å². The minimum Gasteiger partial charge on any atom is -0.456 e. The Hall–Kier alpha value is -3.16. The van der Waals surface area contributed by atoms with Crippen molar-refractivity contribution in [3.05, 3.63) is 102 Å². The first-order valence-corrected chi connectivity index (χ1v) is 6.98. The third-order valence-corrected chi connectivity index (χ3v) is 3.26. The first-order valence-electron chi connectivity index (χ1n) is 6.98. The first-order chi connectivity index (χ1) is 10.9. The van der Waals surface area contributed by atoms with E-state index in [-0.39, 0.29) is 0 Å². The lowest BCUT2D eigenvalue weighted by atomic mass is 10.0. The molecule has 0 atom stereocenters. The Bertz CT molecular complexity index is 807. The van der Waals surface area contributed by atoms with Crippen LogP contribution in [0.2, 0.25) is 0 Å². The molecule has 22 heavy (non-hydrogen) atoms. The van der Waals surface area contributed by atoms with Crippen LogP contribution >= 0.6 is 0 Å². The largest absolute Gasteiger partial charge is 0.456 e. The van der Waals surface area contributed by atoms with Gasteiger partial charge < -0.3 is 10.3 Å². The van der Waals surface area contributed by atoms with E-state index in [2.05, 4.69) is 4.79 Å². The Morgan fingerprint density at radius 1 is 0.727 bits per heavy atom. The topological polar surface area (TPSA) is 45.6 Å². The summed E-state index contributed by atoms with van der Waals surface area (Å²) >= 11 is 0. The van der Waals surface area contributed by atoms with Crippen LogP contribution in [0.5, 0.6) is 11.5 Å². The van der Waals surface area contributed by atoms with Crippen molar-refractivity contribution in [1.29, 1.82) is 0 Å². The molecule has 0 aliphatic rings. The molecule has 0 spiro atoms. The van der Waals surface area contributed by atoms with Crippen molar-refractivity contribution >= 4 is 5.71 Å². The van der Waals surface area contributed by atoms with E-state index in [1.807, 2.05) is 84.9 Å². The second-order valence-corrected chi connectivity index (χ2v) is 4.73. The number of rotatable bonds is 4. The van der Waals surface area contributed by atoms with Gasteiger partial charge in [-0.15, -0.1) is 0 Å². The smallest absolute Gasteiger partial charge is 0.333 e. The number of hydrogen-bond donors (Lipinski definition) is 0. The molecule has 0 saturated heterocycles. The van der Waals surface area contributed by atoms with Gasteiger partial charge in [-0.25, -0.2) is 0 Å². The molecule has 0 aliphatic heterocycles. The predicted octanol–water partition coefficient (Wildman–Crippen LogP) is 4.55. The average molecular weight is 286 g/mol. The van der Waals surface area contributed by atoms with E-state index in [1.165, 1.54) is 0 Å². The monoisotopic (exact) mass is 286 g/mol. The van der Waals surface area contributed by atoms with E-state index in [4.69, 9.17) is 4.74 Å². The van der Waals surface area contributed by atoms with Crippen molar-refractivity contribution in [3.8, 4) is 11.5 Å². The summed E-state index contributed by atoms with van der Waals surface area (Å²) in [6.07, 6.45) is 0. The lowest BCUT2D eigenvalue weighted by Crippen LogP contribution is -2.06. The molecule has 0 aromatic heterocycles. The van der Waals surface area contributed by atoms with Gasteiger partial charge in [0.2, 0.25) is 0 Å². The molecule has 0 aliphatic carbocycles. The molecule has 0 saturated carbocycles. The number of ether oxygens (including phenoxy) is 1. The Morgan fingerprint density at radius 3 is 2.00 bits per heavy atom. The summed E-state index contributed by atoms with van der Waals surface area (Å²) in [6, 6.07) is 26.6. The molecular formula is C19H14N2O. The fourth-order valence-corrected chi connectivity index (χ4v) is 2.23. The Kier molecular flexibility index (Phi) is 4.10. The summed E-state index contributed by atoms with van der Waals surface area (Å²) in [4.78, 5) is 3.47. The van der Waals surface area contributed by atoms with Gasteiger partial charge in [-0.1, -0.05) is 48.5 Å². The molecule has 106 valence electrons. The molecule has 0 N–H and O–H groups in total. The van der Waals surface area contributed by atoms with Gasteiger partial charge in [0.1, 0.15) is 17.1 Å². The maximum atomic E-state index is 9.46. The minimum absolute atomic E-state index is 0.479. The molecule has 3 nitrogen and oxygen atoms in total. The van der Waals surface area contributed by atoms with Gasteiger partial charge in [0.15, 0.2) is 0 Å². The van der Waals surface area contributed by atoms with Crippen molar-refractivity contribution in [1.82, 2.24) is 0 Å². The maximum Gasteiger partial charge on any atom is 0.333 e. The van der Waals surface area contributed by atoms with Crippen LogP contribution in [-0.4, -0.2) is 10.5 Å². The first kappa shape index (κ1) is 13.8. The van der Waals surface area contributed by atoms with Gasteiger partial charge >= 0.3 is 5.71 Å². The number of benzene rings is 3. The van der Waals surface area contributed by atoms with Crippen molar-refractivity contribution in [2.24, 2.45) is 0 Å². The zero-order valence-electron chi connectivity index (χ0n) is 11.9. The van der Waals surface area contributed by atoms with Crippen molar-refractivity contribution in [3.63, 3.8) is 0 Å². The van der Waals surface area contributed by atoms with Crippen LogP contribution in [0.25, 0.3) is 5.53 Å². The van der Waals surface area contributed by atoms with Crippen LogP contribution in [-0.2, 0) is 0 Å². The Balaban J connectivity index is 2.03. The molecule has 3 aromatic rings. The van der Waals surface area contributed by atoms with Crippen molar-refractivity contribution < 1.29 is 9.53 Å². The highest BCUT2D eigenvalue weighted by molar-refractivity contribution is 6.10. The summed E-state index contributed by atoms with van der Waals surface area (Å²) in [7, 11) is 0. The normalized spacial score (nSPS) is 9.82. The average Bonchev–Trinajstić information content (AvgIpc) is 2.59. The highest BCUT2D eigenvalue weighted by Crippen LogP contribution is 2.26. The Morgan fingerprint density at radius 2 is 1.32 bits per heavy atom. The summed E-state index contributed by atoms with van der Waals surface area (Å²) in [5, 5.41) is 0. The molecule has 3 heteroatoms. The second kappa shape index (κ2) is 6.53. The number of nitrogens with zero attached hydrogens (tertiary/aromatic N) is 2. The third-order valence-electron chi connectivity index (χ3n) is 3.26. The van der Waals surface area contributed by atoms with E-state index in [9.17, 15) is 5.53 Å². The van der Waals surface area contributed by atoms with Gasteiger partial charge in [-0.2, -0.15) is 4.79 Å². The quantitative estimate of drug-likeness (QED) is 0.394. The predicted molar refractivity (Wildman–Crippen MR) is 86.2 cm³/mol. The van der Waals surface area contributed by atoms with Gasteiger partial charge in [-0.05, 0) is 36.4 Å².